The lowest BCUT2D eigenvalue weighted by molar-refractivity contribution is 0.581. The van der Waals surface area contributed by atoms with Crippen molar-refractivity contribution in [1.82, 2.24) is 4.98 Å². The van der Waals surface area contributed by atoms with E-state index in [4.69, 9.17) is 5.73 Å². The van der Waals surface area contributed by atoms with Crippen molar-refractivity contribution < 1.29 is 8.42 Å². The number of nitrogens with two attached hydrogens (primary N) is 1. The van der Waals surface area contributed by atoms with Crippen LogP contribution in [0.2, 0.25) is 0 Å². The Balaban J connectivity index is 1.93. The average molecular weight is 274 g/mol. The number of aromatic nitrogens is 1. The van der Waals surface area contributed by atoms with Gasteiger partial charge in [0.05, 0.1) is 22.2 Å². The van der Waals surface area contributed by atoms with Crippen LogP contribution in [0.1, 0.15) is 24.0 Å². The van der Waals surface area contributed by atoms with Crippen LogP contribution in [-0.2, 0) is 22.7 Å². The highest BCUT2D eigenvalue weighted by Gasteiger charge is 2.28. The summed E-state index contributed by atoms with van der Waals surface area (Å²) in [6, 6.07) is 0.122. The Hall–Kier alpha value is -0.460. The lowest BCUT2D eigenvalue weighted by atomic mass is 10.1. The summed E-state index contributed by atoms with van der Waals surface area (Å²) in [5.41, 5.74) is 6.75. The van der Waals surface area contributed by atoms with E-state index >= 15 is 0 Å². The summed E-state index contributed by atoms with van der Waals surface area (Å²) in [5, 5.41) is 3.07. The maximum Gasteiger partial charge on any atom is 0.150 e. The molecule has 2 atom stereocenters. The van der Waals surface area contributed by atoms with E-state index in [9.17, 15) is 8.42 Å². The molecule has 6 heteroatoms. The normalized spacial score (nSPS) is 24.9. The minimum atomic E-state index is -2.77. The van der Waals surface area contributed by atoms with Crippen LogP contribution < -0.4 is 5.73 Å². The molecule has 1 aliphatic heterocycles. The van der Waals surface area contributed by atoms with Crippen LogP contribution >= 0.6 is 11.3 Å². The molecule has 0 aliphatic carbocycles. The predicted molar refractivity (Wildman–Crippen MR) is 69.9 cm³/mol. The van der Waals surface area contributed by atoms with Crippen LogP contribution in [0.5, 0.6) is 0 Å². The van der Waals surface area contributed by atoms with Gasteiger partial charge in [-0.2, -0.15) is 0 Å². The fourth-order valence-corrected chi connectivity index (χ4v) is 4.93. The molecule has 0 bridgehead atoms. The van der Waals surface area contributed by atoms with Gasteiger partial charge in [-0.25, -0.2) is 13.4 Å². The first-order valence-corrected chi connectivity index (χ1v) is 8.54. The van der Waals surface area contributed by atoms with E-state index in [-0.39, 0.29) is 12.0 Å². The number of hydrogen-bond donors (Lipinski definition) is 1. The molecule has 1 aromatic heterocycles. The first kappa shape index (κ1) is 13.0. The molecule has 1 aliphatic rings. The van der Waals surface area contributed by atoms with Gasteiger partial charge in [-0.3, -0.25) is 0 Å². The molecule has 0 spiro atoms. The van der Waals surface area contributed by atoms with Crippen molar-refractivity contribution in [3.05, 3.63) is 16.1 Å². The van der Waals surface area contributed by atoms with Crippen LogP contribution in [0.4, 0.5) is 0 Å². The van der Waals surface area contributed by atoms with Gasteiger partial charge in [0.2, 0.25) is 0 Å². The van der Waals surface area contributed by atoms with Gasteiger partial charge in [0.15, 0.2) is 9.84 Å². The minimum Gasteiger partial charge on any atom is -0.328 e. The maximum absolute atomic E-state index is 11.3. The van der Waals surface area contributed by atoms with Crippen LogP contribution in [0.15, 0.2) is 5.38 Å². The lowest BCUT2D eigenvalue weighted by Crippen LogP contribution is -2.18. The SMILES string of the molecule is CC(N)Cc1csc(CC2CCS(=O)(=O)C2)n1. The van der Waals surface area contributed by atoms with Gasteiger partial charge in [-0.1, -0.05) is 0 Å². The van der Waals surface area contributed by atoms with Gasteiger partial charge in [-0.15, -0.1) is 11.3 Å². The quantitative estimate of drug-likeness (QED) is 0.889. The molecular weight excluding hydrogens is 256 g/mol. The Morgan fingerprint density at radius 1 is 1.65 bits per heavy atom. The molecule has 4 nitrogen and oxygen atoms in total. The number of rotatable bonds is 4. The first-order valence-electron chi connectivity index (χ1n) is 5.84. The Kier molecular flexibility index (Phi) is 3.85. The summed E-state index contributed by atoms with van der Waals surface area (Å²) in [4.78, 5) is 4.51. The molecule has 17 heavy (non-hydrogen) atoms. The highest BCUT2D eigenvalue weighted by atomic mass is 32.2. The standard InChI is InChI=1S/C11H18N2O2S2/c1-8(12)4-10-6-16-11(13-10)5-9-2-3-17(14,15)7-9/h6,8-9H,2-5,7,12H2,1H3. The zero-order valence-electron chi connectivity index (χ0n) is 9.93. The van der Waals surface area contributed by atoms with Gasteiger partial charge in [0, 0.05) is 24.3 Å². The summed E-state index contributed by atoms with van der Waals surface area (Å²) in [6.07, 6.45) is 2.37. The second kappa shape index (κ2) is 5.04. The molecule has 2 unspecified atom stereocenters. The van der Waals surface area contributed by atoms with Crippen LogP contribution in [0, 0.1) is 5.92 Å². The molecule has 2 N–H and O–H groups in total. The summed E-state index contributed by atoms with van der Waals surface area (Å²) in [5.74, 6) is 0.930. The zero-order chi connectivity index (χ0) is 12.5. The molecule has 2 heterocycles. The molecule has 2 rings (SSSR count). The summed E-state index contributed by atoms with van der Waals surface area (Å²) < 4.78 is 22.7. The highest BCUT2D eigenvalue weighted by Crippen LogP contribution is 2.24. The van der Waals surface area contributed by atoms with E-state index in [1.807, 2.05) is 12.3 Å². The fourth-order valence-electron chi connectivity index (χ4n) is 2.15. The molecule has 0 saturated carbocycles. The van der Waals surface area contributed by atoms with E-state index in [0.29, 0.717) is 11.5 Å². The van der Waals surface area contributed by atoms with E-state index in [1.54, 1.807) is 11.3 Å². The van der Waals surface area contributed by atoms with Gasteiger partial charge in [-0.05, 0) is 19.3 Å². The van der Waals surface area contributed by atoms with Crippen molar-refractivity contribution in [3.63, 3.8) is 0 Å². The van der Waals surface area contributed by atoms with Gasteiger partial charge in [0.1, 0.15) is 0 Å². The first-order chi connectivity index (χ1) is 7.94. The third kappa shape index (κ3) is 3.76. The van der Waals surface area contributed by atoms with Crippen LogP contribution in [-0.4, -0.2) is 30.9 Å². The van der Waals surface area contributed by atoms with Crippen LogP contribution in [0.3, 0.4) is 0 Å². The van der Waals surface area contributed by atoms with Gasteiger partial charge >= 0.3 is 0 Å². The monoisotopic (exact) mass is 274 g/mol. The Morgan fingerprint density at radius 2 is 2.41 bits per heavy atom. The fraction of sp³-hybridized carbons (Fsp3) is 0.727. The smallest absolute Gasteiger partial charge is 0.150 e. The largest absolute Gasteiger partial charge is 0.328 e. The van der Waals surface area contributed by atoms with Gasteiger partial charge in [0.25, 0.3) is 0 Å². The molecule has 0 radical (unpaired) electrons. The van der Waals surface area contributed by atoms with Gasteiger partial charge < -0.3 is 5.73 Å². The van der Waals surface area contributed by atoms with Crippen molar-refractivity contribution in [2.45, 2.75) is 32.2 Å². The molecule has 1 fully saturated rings. The third-order valence-corrected chi connectivity index (χ3v) is 5.68. The van der Waals surface area contributed by atoms with E-state index in [2.05, 4.69) is 4.98 Å². The second-order valence-corrected chi connectivity index (χ2v) is 8.06. The topological polar surface area (TPSA) is 73.1 Å². The number of nitrogens with zero attached hydrogens (tertiary/aromatic N) is 1. The molecule has 1 aromatic rings. The van der Waals surface area contributed by atoms with E-state index in [0.717, 1.165) is 30.0 Å². The van der Waals surface area contributed by atoms with Crippen molar-refractivity contribution in [1.29, 1.82) is 0 Å². The minimum absolute atomic E-state index is 0.122. The van der Waals surface area contributed by atoms with E-state index in [1.165, 1.54) is 0 Å². The summed E-state index contributed by atoms with van der Waals surface area (Å²) in [6.45, 7) is 1.96. The average Bonchev–Trinajstić information content (AvgIpc) is 2.73. The molecule has 0 amide bonds. The lowest BCUT2D eigenvalue weighted by Gasteiger charge is -2.03. The summed E-state index contributed by atoms with van der Waals surface area (Å²) in [7, 11) is -2.77. The third-order valence-electron chi connectivity index (χ3n) is 2.92. The Morgan fingerprint density at radius 3 is 3.00 bits per heavy atom. The van der Waals surface area contributed by atoms with Crippen molar-refractivity contribution in [2.24, 2.45) is 11.7 Å². The number of hydrogen-bond acceptors (Lipinski definition) is 5. The molecule has 0 aromatic carbocycles. The Bertz CT molecular complexity index is 479. The Labute approximate surface area is 106 Å². The zero-order valence-corrected chi connectivity index (χ0v) is 11.6. The van der Waals surface area contributed by atoms with Crippen LogP contribution in [0.25, 0.3) is 0 Å². The van der Waals surface area contributed by atoms with Crippen molar-refractivity contribution >= 4 is 21.2 Å². The van der Waals surface area contributed by atoms with Crippen molar-refractivity contribution in [2.75, 3.05) is 11.5 Å². The summed E-state index contributed by atoms with van der Waals surface area (Å²) >= 11 is 1.62. The molecular formula is C11H18N2O2S2. The highest BCUT2D eigenvalue weighted by molar-refractivity contribution is 7.91. The maximum atomic E-state index is 11.3. The molecule has 1 saturated heterocycles. The molecule has 96 valence electrons. The number of thiazole rings is 1. The second-order valence-electron chi connectivity index (χ2n) is 4.89. The predicted octanol–water partition coefficient (Wildman–Crippen LogP) is 1.01. The van der Waals surface area contributed by atoms with Crippen molar-refractivity contribution in [3.8, 4) is 0 Å². The number of sulfone groups is 1. The van der Waals surface area contributed by atoms with E-state index < -0.39 is 9.84 Å².